The van der Waals surface area contributed by atoms with Crippen molar-refractivity contribution in [3.63, 3.8) is 0 Å². The Kier molecular flexibility index (Phi) is 3.77. The van der Waals surface area contributed by atoms with Gasteiger partial charge in [-0.2, -0.15) is 0 Å². The van der Waals surface area contributed by atoms with Gasteiger partial charge in [0.15, 0.2) is 0 Å². The monoisotopic (exact) mass is 179 g/mol. The predicted octanol–water partition coefficient (Wildman–Crippen LogP) is 1.77. The van der Waals surface area contributed by atoms with Crippen LogP contribution in [0, 0.1) is 6.92 Å². The summed E-state index contributed by atoms with van der Waals surface area (Å²) in [7, 11) is 3.68. The van der Waals surface area contributed by atoms with Crippen LogP contribution >= 0.6 is 0 Å². The lowest BCUT2D eigenvalue weighted by Crippen LogP contribution is -2.10. The highest BCUT2D eigenvalue weighted by Crippen LogP contribution is 2.19. The topological polar surface area (TPSA) is 21.3 Å². The van der Waals surface area contributed by atoms with Crippen LogP contribution < -0.4 is 10.1 Å². The number of likely N-dealkylation sites (N-methyl/N-ethyl adjacent to an activating group) is 1. The summed E-state index contributed by atoms with van der Waals surface area (Å²) in [5.41, 5.74) is 2.51. The highest BCUT2D eigenvalue weighted by atomic mass is 16.5. The number of hydrogen-bond donors (Lipinski definition) is 1. The molecule has 0 atom stereocenters. The Labute approximate surface area is 79.9 Å². The molecule has 0 aromatic heterocycles. The van der Waals surface area contributed by atoms with Gasteiger partial charge in [0.2, 0.25) is 0 Å². The Morgan fingerprint density at radius 2 is 2.15 bits per heavy atom. The van der Waals surface area contributed by atoms with Gasteiger partial charge in [0.1, 0.15) is 5.75 Å². The summed E-state index contributed by atoms with van der Waals surface area (Å²) in [4.78, 5) is 0. The minimum atomic E-state index is 0.986. The average Bonchev–Trinajstić information content (AvgIpc) is 2.16. The molecule has 1 rings (SSSR count). The highest BCUT2D eigenvalue weighted by Gasteiger charge is 2.01. The Morgan fingerprint density at radius 1 is 1.38 bits per heavy atom. The second kappa shape index (κ2) is 4.87. The van der Waals surface area contributed by atoms with E-state index in [0.717, 1.165) is 18.7 Å². The van der Waals surface area contributed by atoms with Gasteiger partial charge in [0, 0.05) is 0 Å². The molecule has 0 aliphatic rings. The third-order valence-electron chi connectivity index (χ3n) is 2.09. The number of methoxy groups -OCH3 is 1. The molecule has 0 aliphatic carbocycles. The van der Waals surface area contributed by atoms with E-state index in [0.29, 0.717) is 0 Å². The van der Waals surface area contributed by atoms with Crippen molar-refractivity contribution in [3.05, 3.63) is 29.3 Å². The van der Waals surface area contributed by atoms with Crippen LogP contribution in [0.15, 0.2) is 18.2 Å². The van der Waals surface area contributed by atoms with E-state index in [1.165, 1.54) is 11.1 Å². The summed E-state index contributed by atoms with van der Waals surface area (Å²) in [6.07, 6.45) is 1.01. The molecule has 0 fully saturated rings. The van der Waals surface area contributed by atoms with E-state index >= 15 is 0 Å². The van der Waals surface area contributed by atoms with E-state index in [9.17, 15) is 0 Å². The number of aryl methyl sites for hydroxylation is 1. The fraction of sp³-hybridized carbons (Fsp3) is 0.455. The summed E-state index contributed by atoms with van der Waals surface area (Å²) >= 11 is 0. The third kappa shape index (κ3) is 2.74. The molecule has 2 nitrogen and oxygen atoms in total. The molecule has 1 aromatic rings. The molecular formula is C11H17NO. The molecule has 2 heteroatoms. The standard InChI is InChI=1S/C11H17NO/c1-9-4-5-10(6-7-12-2)11(8-9)13-3/h4-5,8,12H,6-7H2,1-3H3. The van der Waals surface area contributed by atoms with Crippen LogP contribution in [0.2, 0.25) is 0 Å². The first-order valence-corrected chi connectivity index (χ1v) is 4.56. The maximum absolute atomic E-state index is 5.30. The first-order valence-electron chi connectivity index (χ1n) is 4.56. The predicted molar refractivity (Wildman–Crippen MR) is 55.4 cm³/mol. The number of nitrogens with one attached hydrogen (secondary N) is 1. The second-order valence-electron chi connectivity index (χ2n) is 3.17. The van der Waals surface area contributed by atoms with Gasteiger partial charge in [-0.3, -0.25) is 0 Å². The Balaban J connectivity index is 2.79. The zero-order chi connectivity index (χ0) is 9.68. The number of rotatable bonds is 4. The van der Waals surface area contributed by atoms with Crippen LogP contribution in [0.1, 0.15) is 11.1 Å². The summed E-state index contributed by atoms with van der Waals surface area (Å²) in [5.74, 6) is 0.996. The lowest BCUT2D eigenvalue weighted by atomic mass is 10.1. The Morgan fingerprint density at radius 3 is 2.77 bits per heavy atom. The zero-order valence-electron chi connectivity index (χ0n) is 8.55. The minimum absolute atomic E-state index is 0.986. The number of hydrogen-bond acceptors (Lipinski definition) is 2. The fourth-order valence-electron chi connectivity index (χ4n) is 1.32. The van der Waals surface area contributed by atoms with Crippen molar-refractivity contribution in [3.8, 4) is 5.75 Å². The molecule has 0 spiro atoms. The van der Waals surface area contributed by atoms with Crippen molar-refractivity contribution in [2.75, 3.05) is 20.7 Å². The van der Waals surface area contributed by atoms with E-state index < -0.39 is 0 Å². The third-order valence-corrected chi connectivity index (χ3v) is 2.09. The van der Waals surface area contributed by atoms with Gasteiger partial charge in [0.05, 0.1) is 7.11 Å². The van der Waals surface area contributed by atoms with E-state index in [1.807, 2.05) is 7.05 Å². The summed E-state index contributed by atoms with van der Waals surface area (Å²) in [6, 6.07) is 6.32. The first-order chi connectivity index (χ1) is 6.27. The molecule has 0 unspecified atom stereocenters. The summed E-state index contributed by atoms with van der Waals surface area (Å²) in [6.45, 7) is 3.06. The van der Waals surface area contributed by atoms with E-state index in [4.69, 9.17) is 4.74 Å². The second-order valence-corrected chi connectivity index (χ2v) is 3.17. The van der Waals surface area contributed by atoms with Gasteiger partial charge < -0.3 is 10.1 Å². The molecule has 0 bridgehead atoms. The van der Waals surface area contributed by atoms with Crippen LogP contribution in [0.3, 0.4) is 0 Å². The SMILES string of the molecule is CNCCc1ccc(C)cc1OC. The van der Waals surface area contributed by atoms with Crippen LogP contribution in [0.25, 0.3) is 0 Å². The molecule has 0 saturated carbocycles. The van der Waals surface area contributed by atoms with Crippen molar-refractivity contribution in [2.45, 2.75) is 13.3 Å². The highest BCUT2D eigenvalue weighted by molar-refractivity contribution is 5.37. The van der Waals surface area contributed by atoms with Crippen LogP contribution in [0.4, 0.5) is 0 Å². The van der Waals surface area contributed by atoms with E-state index in [1.54, 1.807) is 7.11 Å². The van der Waals surface area contributed by atoms with Crippen molar-refractivity contribution in [1.82, 2.24) is 5.32 Å². The summed E-state index contributed by atoms with van der Waals surface area (Å²) < 4.78 is 5.30. The Bertz CT molecular complexity index is 271. The van der Waals surface area contributed by atoms with Gasteiger partial charge in [-0.05, 0) is 44.1 Å². The zero-order valence-corrected chi connectivity index (χ0v) is 8.55. The van der Waals surface area contributed by atoms with Crippen LogP contribution in [-0.4, -0.2) is 20.7 Å². The molecule has 13 heavy (non-hydrogen) atoms. The quantitative estimate of drug-likeness (QED) is 0.760. The maximum Gasteiger partial charge on any atom is 0.122 e. The van der Waals surface area contributed by atoms with E-state index in [-0.39, 0.29) is 0 Å². The maximum atomic E-state index is 5.30. The number of benzene rings is 1. The van der Waals surface area contributed by atoms with Gasteiger partial charge in [0.25, 0.3) is 0 Å². The fourth-order valence-corrected chi connectivity index (χ4v) is 1.32. The molecule has 0 heterocycles. The Hall–Kier alpha value is -1.02. The lowest BCUT2D eigenvalue weighted by molar-refractivity contribution is 0.409. The number of ether oxygens (including phenoxy) is 1. The first kappa shape index (κ1) is 10.1. The molecular weight excluding hydrogens is 162 g/mol. The molecule has 72 valence electrons. The normalized spacial score (nSPS) is 10.1. The lowest BCUT2D eigenvalue weighted by Gasteiger charge is -2.08. The molecule has 1 N–H and O–H groups in total. The van der Waals surface area contributed by atoms with Crippen molar-refractivity contribution in [1.29, 1.82) is 0 Å². The molecule has 0 amide bonds. The van der Waals surface area contributed by atoms with Gasteiger partial charge in [-0.25, -0.2) is 0 Å². The van der Waals surface area contributed by atoms with Crippen molar-refractivity contribution in [2.24, 2.45) is 0 Å². The van der Waals surface area contributed by atoms with Gasteiger partial charge >= 0.3 is 0 Å². The van der Waals surface area contributed by atoms with E-state index in [2.05, 4.69) is 30.4 Å². The van der Waals surface area contributed by atoms with Crippen molar-refractivity contribution < 1.29 is 4.74 Å². The van der Waals surface area contributed by atoms with Crippen LogP contribution in [0.5, 0.6) is 5.75 Å². The van der Waals surface area contributed by atoms with Gasteiger partial charge in [-0.1, -0.05) is 12.1 Å². The minimum Gasteiger partial charge on any atom is -0.496 e. The molecule has 1 aromatic carbocycles. The van der Waals surface area contributed by atoms with Gasteiger partial charge in [-0.15, -0.1) is 0 Å². The average molecular weight is 179 g/mol. The molecule has 0 aliphatic heterocycles. The molecule has 0 radical (unpaired) electrons. The van der Waals surface area contributed by atoms with Crippen molar-refractivity contribution >= 4 is 0 Å². The smallest absolute Gasteiger partial charge is 0.122 e. The molecule has 0 saturated heterocycles. The summed E-state index contributed by atoms with van der Waals surface area (Å²) in [5, 5.41) is 3.13. The van der Waals surface area contributed by atoms with Crippen LogP contribution in [-0.2, 0) is 6.42 Å². The largest absolute Gasteiger partial charge is 0.496 e.